The molecule has 0 aliphatic rings. The average molecular weight is 211 g/mol. The maximum Gasteiger partial charge on any atom is 0.316 e. The van der Waals surface area contributed by atoms with Gasteiger partial charge in [0.25, 0.3) is 0 Å². The smallest absolute Gasteiger partial charge is 0.192 e. The van der Waals surface area contributed by atoms with Crippen molar-refractivity contribution in [1.29, 1.82) is 0 Å². The first-order chi connectivity index (χ1) is 2.94. The highest BCUT2D eigenvalue weighted by Crippen LogP contribution is 2.30. The van der Waals surface area contributed by atoms with Gasteiger partial charge in [-0.25, -0.2) is 0 Å². The predicted molar refractivity (Wildman–Crippen MR) is 32.5 cm³/mol. The molecule has 1 unspecified atom stereocenters. The molecule has 1 atom stereocenters. The van der Waals surface area contributed by atoms with Gasteiger partial charge in [-0.2, -0.15) is 8.78 Å². The molecule has 0 aliphatic carbocycles. The molecule has 0 aliphatic heterocycles. The number of hydrogen-bond donors (Lipinski definition) is 1. The summed E-state index contributed by atoms with van der Waals surface area (Å²) in [6.07, 6.45) is 0. The van der Waals surface area contributed by atoms with Crippen molar-refractivity contribution in [2.45, 2.75) is 9.54 Å². The normalized spacial score (nSPS) is 16.7. The van der Waals surface area contributed by atoms with Crippen LogP contribution in [-0.4, -0.2) is 9.54 Å². The minimum Gasteiger partial charge on any atom is -0.192 e. The van der Waals surface area contributed by atoms with Gasteiger partial charge < -0.3 is 0 Å². The number of halogens is 4. The second-order valence-corrected chi connectivity index (χ2v) is 3.36. The fraction of sp³-hybridized carbons (Fsp3) is 1.00. The predicted octanol–water partition coefficient (Wildman–Crippen LogP) is 2.47. The molecule has 0 aromatic carbocycles. The lowest BCUT2D eigenvalue weighted by Crippen LogP contribution is -2.14. The number of alkyl halides is 4. The Morgan fingerprint density at radius 1 is 1.71 bits per heavy atom. The molecule has 0 bridgehead atoms. The zero-order valence-electron chi connectivity index (χ0n) is 3.04. The van der Waals surface area contributed by atoms with E-state index in [0.29, 0.717) is 0 Å². The minimum atomic E-state index is -3.12. The van der Waals surface area contributed by atoms with Crippen molar-refractivity contribution in [2.75, 3.05) is 0 Å². The van der Waals surface area contributed by atoms with Gasteiger partial charge in [-0.1, -0.05) is 15.9 Å². The van der Waals surface area contributed by atoms with Crippen LogP contribution in [-0.2, 0) is 0 Å². The highest BCUT2D eigenvalue weighted by atomic mass is 79.9. The van der Waals surface area contributed by atoms with Gasteiger partial charge in [0.2, 0.25) is 0 Å². The maximum atomic E-state index is 11.5. The summed E-state index contributed by atoms with van der Waals surface area (Å²) in [5.41, 5.74) is 0. The van der Waals surface area contributed by atoms with E-state index in [1.54, 1.807) is 0 Å². The highest BCUT2D eigenvalue weighted by Gasteiger charge is 2.30. The molecule has 5 heteroatoms. The first-order valence-corrected chi connectivity index (χ1v) is 3.13. The Hall–Kier alpha value is 0.980. The van der Waals surface area contributed by atoms with Crippen molar-refractivity contribution in [3.8, 4) is 0 Å². The maximum absolute atomic E-state index is 11.5. The van der Waals surface area contributed by atoms with Crippen LogP contribution in [0.4, 0.5) is 8.78 Å². The molecule has 0 heterocycles. The monoisotopic (exact) mass is 210 g/mol. The van der Waals surface area contributed by atoms with Crippen LogP contribution in [0, 0.1) is 0 Å². The zero-order valence-corrected chi connectivity index (χ0v) is 6.27. The Kier molecular flexibility index (Phi) is 2.86. The standard InChI is InChI=1S/C2H2BrClF2S/c3-1(4)2(5,6)7/h1,7H. The van der Waals surface area contributed by atoms with Gasteiger partial charge in [0.1, 0.15) is 0 Å². The average Bonchev–Trinajstić information content (AvgIpc) is 1.31. The fourth-order valence-electron chi connectivity index (χ4n) is 0. The molecule has 0 N–H and O–H groups in total. The molecule has 0 fully saturated rings. The van der Waals surface area contributed by atoms with Crippen LogP contribution in [0.3, 0.4) is 0 Å². The Labute approximate surface area is 58.8 Å². The van der Waals surface area contributed by atoms with Gasteiger partial charge in [-0.15, -0.1) is 24.2 Å². The molecular weight excluding hydrogens is 209 g/mol. The highest BCUT2D eigenvalue weighted by molar-refractivity contribution is 9.10. The summed E-state index contributed by atoms with van der Waals surface area (Å²) in [4.78, 5) is 0. The van der Waals surface area contributed by atoms with Gasteiger partial charge in [0.05, 0.1) is 0 Å². The third kappa shape index (κ3) is 3.55. The van der Waals surface area contributed by atoms with Gasteiger partial charge in [0.15, 0.2) is 4.29 Å². The van der Waals surface area contributed by atoms with Gasteiger partial charge in [-0.3, -0.25) is 0 Å². The summed E-state index contributed by atoms with van der Waals surface area (Å²) < 4.78 is 21.7. The summed E-state index contributed by atoms with van der Waals surface area (Å²) in [6.45, 7) is 0. The van der Waals surface area contributed by atoms with Crippen LogP contribution in [0.25, 0.3) is 0 Å². The second kappa shape index (κ2) is 2.51. The first kappa shape index (κ1) is 7.98. The molecular formula is C2H2BrClF2S. The van der Waals surface area contributed by atoms with E-state index < -0.39 is 9.54 Å². The Morgan fingerprint density at radius 3 is 1.86 bits per heavy atom. The second-order valence-electron chi connectivity index (χ2n) is 0.888. The summed E-state index contributed by atoms with van der Waals surface area (Å²) in [5, 5.41) is -3.12. The van der Waals surface area contributed by atoms with E-state index in [4.69, 9.17) is 11.6 Å². The van der Waals surface area contributed by atoms with Crippen LogP contribution >= 0.6 is 40.2 Å². The molecule has 7 heavy (non-hydrogen) atoms. The molecule has 0 rings (SSSR count). The van der Waals surface area contributed by atoms with Crippen LogP contribution in [0.1, 0.15) is 0 Å². The van der Waals surface area contributed by atoms with Crippen molar-refractivity contribution in [3.63, 3.8) is 0 Å². The van der Waals surface area contributed by atoms with Crippen molar-refractivity contribution < 1.29 is 8.78 Å². The molecule has 0 saturated heterocycles. The largest absolute Gasteiger partial charge is 0.316 e. The van der Waals surface area contributed by atoms with Crippen molar-refractivity contribution in [2.24, 2.45) is 0 Å². The molecule has 0 saturated carbocycles. The van der Waals surface area contributed by atoms with E-state index in [9.17, 15) is 8.78 Å². The van der Waals surface area contributed by atoms with Gasteiger partial charge in [0, 0.05) is 0 Å². The SMILES string of the molecule is FC(F)(S)C(Cl)Br. The molecule has 0 radical (unpaired) electrons. The summed E-state index contributed by atoms with van der Waals surface area (Å²) in [5.74, 6) is 0. The summed E-state index contributed by atoms with van der Waals surface area (Å²) in [6, 6.07) is 0. The Morgan fingerprint density at radius 2 is 1.86 bits per heavy atom. The van der Waals surface area contributed by atoms with Crippen molar-refractivity contribution in [3.05, 3.63) is 0 Å². The van der Waals surface area contributed by atoms with E-state index in [-0.39, 0.29) is 0 Å². The molecule has 0 amide bonds. The lowest BCUT2D eigenvalue weighted by Gasteiger charge is -2.07. The van der Waals surface area contributed by atoms with Crippen LogP contribution in [0.5, 0.6) is 0 Å². The van der Waals surface area contributed by atoms with E-state index >= 15 is 0 Å². The number of hydrogen-bond acceptors (Lipinski definition) is 1. The van der Waals surface area contributed by atoms with E-state index in [1.807, 2.05) is 0 Å². The van der Waals surface area contributed by atoms with Crippen molar-refractivity contribution >= 4 is 40.2 Å². The van der Waals surface area contributed by atoms with E-state index in [2.05, 4.69) is 28.6 Å². The molecule has 0 aromatic rings. The number of rotatable bonds is 1. The van der Waals surface area contributed by atoms with Gasteiger partial charge >= 0.3 is 5.25 Å². The lowest BCUT2D eigenvalue weighted by atomic mass is 10.8. The Bertz CT molecular complexity index is 61.2. The van der Waals surface area contributed by atoms with Crippen LogP contribution in [0.15, 0.2) is 0 Å². The molecule has 44 valence electrons. The lowest BCUT2D eigenvalue weighted by molar-refractivity contribution is 0.128. The molecule has 0 nitrogen and oxygen atoms in total. The van der Waals surface area contributed by atoms with Crippen LogP contribution in [0.2, 0.25) is 0 Å². The fourth-order valence-corrected chi connectivity index (χ4v) is 0. The minimum absolute atomic E-state index is 1.39. The summed E-state index contributed by atoms with van der Waals surface area (Å²) >= 11 is 10.1. The number of thiol groups is 1. The molecule has 0 spiro atoms. The van der Waals surface area contributed by atoms with Crippen LogP contribution < -0.4 is 0 Å². The quantitative estimate of drug-likeness (QED) is 0.500. The summed E-state index contributed by atoms with van der Waals surface area (Å²) in [7, 11) is 0. The topological polar surface area (TPSA) is 0 Å². The Balaban J connectivity index is 3.54. The van der Waals surface area contributed by atoms with Gasteiger partial charge in [-0.05, 0) is 0 Å². The van der Waals surface area contributed by atoms with E-state index in [1.165, 1.54) is 0 Å². The third-order valence-electron chi connectivity index (χ3n) is 0.263. The van der Waals surface area contributed by atoms with Crippen molar-refractivity contribution in [1.82, 2.24) is 0 Å². The third-order valence-corrected chi connectivity index (χ3v) is 1.88. The first-order valence-electron chi connectivity index (χ1n) is 1.33. The zero-order chi connectivity index (χ0) is 6.08. The molecule has 0 aromatic heterocycles. The van der Waals surface area contributed by atoms with E-state index in [0.717, 1.165) is 0 Å².